The molecule has 0 aliphatic carbocycles. The van der Waals surface area contributed by atoms with Gasteiger partial charge >= 0.3 is 6.18 Å². The third-order valence-electron chi connectivity index (χ3n) is 1.54. The van der Waals surface area contributed by atoms with E-state index in [0.717, 1.165) is 24.3 Å². The molecule has 0 heterocycles. The molecule has 1 N–H and O–H groups in total. The highest BCUT2D eigenvalue weighted by molar-refractivity contribution is 6.69. The molecule has 0 fully saturated rings. The Labute approximate surface area is 82.6 Å². The van der Waals surface area contributed by atoms with Crippen molar-refractivity contribution in [1.29, 1.82) is 0 Å². The van der Waals surface area contributed by atoms with Crippen LogP contribution < -0.4 is 0 Å². The van der Waals surface area contributed by atoms with Gasteiger partial charge in [-0.25, -0.2) is 0 Å². The Morgan fingerprint density at radius 2 is 1.71 bits per heavy atom. The first-order valence-electron chi connectivity index (χ1n) is 3.50. The molecule has 14 heavy (non-hydrogen) atoms. The summed E-state index contributed by atoms with van der Waals surface area (Å²) >= 11 is 5.38. The third kappa shape index (κ3) is 2.38. The van der Waals surface area contributed by atoms with Gasteiger partial charge in [0.15, 0.2) is 5.17 Å². The van der Waals surface area contributed by atoms with Crippen LogP contribution in [0.15, 0.2) is 29.4 Å². The first-order chi connectivity index (χ1) is 6.45. The van der Waals surface area contributed by atoms with Crippen LogP contribution in [-0.4, -0.2) is 10.4 Å². The van der Waals surface area contributed by atoms with Crippen molar-refractivity contribution in [3.8, 4) is 0 Å². The van der Waals surface area contributed by atoms with Crippen LogP contribution in [0.1, 0.15) is 11.1 Å². The molecule has 1 aromatic rings. The Morgan fingerprint density at radius 3 is 2.07 bits per heavy atom. The molecule has 0 radical (unpaired) electrons. The minimum Gasteiger partial charge on any atom is -0.410 e. The Kier molecular flexibility index (Phi) is 3.00. The Morgan fingerprint density at radius 1 is 1.21 bits per heavy atom. The third-order valence-corrected chi connectivity index (χ3v) is 1.83. The van der Waals surface area contributed by atoms with Gasteiger partial charge < -0.3 is 5.21 Å². The smallest absolute Gasteiger partial charge is 0.410 e. The predicted octanol–water partition coefficient (Wildman–Crippen LogP) is 3.08. The average Bonchev–Trinajstić information content (AvgIpc) is 2.15. The molecule has 0 saturated carbocycles. The van der Waals surface area contributed by atoms with Gasteiger partial charge in [0.25, 0.3) is 0 Å². The Hall–Kier alpha value is -1.23. The predicted molar refractivity (Wildman–Crippen MR) is 45.6 cm³/mol. The van der Waals surface area contributed by atoms with Crippen molar-refractivity contribution in [3.05, 3.63) is 35.4 Å². The van der Waals surface area contributed by atoms with Crippen LogP contribution in [0.5, 0.6) is 0 Å². The molecule has 0 amide bonds. The first-order valence-corrected chi connectivity index (χ1v) is 3.88. The van der Waals surface area contributed by atoms with E-state index < -0.39 is 11.7 Å². The second kappa shape index (κ2) is 3.88. The zero-order valence-corrected chi connectivity index (χ0v) is 7.47. The van der Waals surface area contributed by atoms with Crippen molar-refractivity contribution in [2.24, 2.45) is 5.16 Å². The topological polar surface area (TPSA) is 32.6 Å². The molecule has 1 aromatic carbocycles. The lowest BCUT2D eigenvalue weighted by molar-refractivity contribution is -0.137. The second-order valence-corrected chi connectivity index (χ2v) is 2.82. The molecule has 1 rings (SSSR count). The van der Waals surface area contributed by atoms with Crippen LogP contribution >= 0.6 is 11.6 Å². The van der Waals surface area contributed by atoms with Gasteiger partial charge in [-0.1, -0.05) is 28.9 Å². The number of benzene rings is 1. The van der Waals surface area contributed by atoms with Crippen molar-refractivity contribution in [2.45, 2.75) is 6.18 Å². The summed E-state index contributed by atoms with van der Waals surface area (Å²) in [7, 11) is 0. The molecule has 0 unspecified atom stereocenters. The highest BCUT2D eigenvalue weighted by atomic mass is 35.5. The minimum absolute atomic E-state index is 0.224. The maximum atomic E-state index is 12.1. The molecule has 0 bridgehead atoms. The number of alkyl halides is 3. The van der Waals surface area contributed by atoms with Gasteiger partial charge in [-0.3, -0.25) is 0 Å². The van der Waals surface area contributed by atoms with Crippen molar-refractivity contribution in [2.75, 3.05) is 0 Å². The summed E-state index contributed by atoms with van der Waals surface area (Å²) in [5, 5.41) is 10.7. The van der Waals surface area contributed by atoms with Gasteiger partial charge in [-0.15, -0.1) is 0 Å². The van der Waals surface area contributed by atoms with Crippen LogP contribution in [0.2, 0.25) is 0 Å². The summed E-state index contributed by atoms with van der Waals surface area (Å²) in [6, 6.07) is 3.99. The maximum Gasteiger partial charge on any atom is 0.416 e. The molecule has 0 spiro atoms. The van der Waals surface area contributed by atoms with Gasteiger partial charge in [0.05, 0.1) is 5.56 Å². The summed E-state index contributed by atoms with van der Waals surface area (Å²) in [5.41, 5.74) is -0.550. The van der Waals surface area contributed by atoms with E-state index in [1.807, 2.05) is 0 Å². The van der Waals surface area contributed by atoms with Gasteiger partial charge in [-0.2, -0.15) is 13.2 Å². The Bertz CT molecular complexity index is 345. The van der Waals surface area contributed by atoms with Crippen LogP contribution in [0.25, 0.3) is 0 Å². The lowest BCUT2D eigenvalue weighted by Gasteiger charge is -2.06. The monoisotopic (exact) mass is 223 g/mol. The van der Waals surface area contributed by atoms with Crippen LogP contribution in [0.4, 0.5) is 13.2 Å². The van der Waals surface area contributed by atoms with E-state index in [2.05, 4.69) is 5.16 Å². The van der Waals surface area contributed by atoms with Crippen molar-refractivity contribution in [1.82, 2.24) is 0 Å². The summed E-state index contributed by atoms with van der Waals surface area (Å²) in [5.74, 6) is 0. The zero-order chi connectivity index (χ0) is 10.8. The van der Waals surface area contributed by atoms with Crippen molar-refractivity contribution < 1.29 is 18.4 Å². The summed E-state index contributed by atoms with van der Waals surface area (Å²) in [4.78, 5) is 0. The maximum absolute atomic E-state index is 12.1. The molecule has 0 aliphatic rings. The molecule has 0 aromatic heterocycles. The number of oxime groups is 1. The van der Waals surface area contributed by atoms with E-state index >= 15 is 0 Å². The fraction of sp³-hybridized carbons (Fsp3) is 0.125. The molecular formula is C8H5ClF3NO. The van der Waals surface area contributed by atoms with E-state index in [0.29, 0.717) is 0 Å². The normalized spacial score (nSPS) is 13.0. The van der Waals surface area contributed by atoms with Crippen LogP contribution in [0, 0.1) is 0 Å². The molecular weight excluding hydrogens is 219 g/mol. The molecule has 0 aliphatic heterocycles. The SMILES string of the molecule is O/N=C(\Cl)c1ccc(C(F)(F)F)cc1. The number of rotatable bonds is 1. The first kappa shape index (κ1) is 10.8. The number of halogens is 4. The van der Waals surface area contributed by atoms with Gasteiger partial charge in [0, 0.05) is 5.56 Å². The van der Waals surface area contributed by atoms with Gasteiger partial charge in [0.2, 0.25) is 0 Å². The lowest BCUT2D eigenvalue weighted by Crippen LogP contribution is -2.04. The highest BCUT2D eigenvalue weighted by Crippen LogP contribution is 2.29. The molecule has 76 valence electrons. The largest absolute Gasteiger partial charge is 0.416 e. The van der Waals surface area contributed by atoms with E-state index in [1.54, 1.807) is 0 Å². The fourth-order valence-electron chi connectivity index (χ4n) is 0.854. The van der Waals surface area contributed by atoms with E-state index in [9.17, 15) is 13.2 Å². The van der Waals surface area contributed by atoms with Crippen molar-refractivity contribution >= 4 is 16.8 Å². The molecule has 0 atom stereocenters. The highest BCUT2D eigenvalue weighted by Gasteiger charge is 2.30. The minimum atomic E-state index is -4.37. The molecule has 2 nitrogen and oxygen atoms in total. The molecule has 0 saturated heterocycles. The summed E-state index contributed by atoms with van der Waals surface area (Å²) in [6.45, 7) is 0. The number of hydrogen-bond donors (Lipinski definition) is 1. The number of nitrogens with zero attached hydrogens (tertiary/aromatic N) is 1. The second-order valence-electron chi connectivity index (χ2n) is 2.47. The van der Waals surface area contributed by atoms with E-state index in [-0.39, 0.29) is 10.7 Å². The Balaban J connectivity index is 3.01. The van der Waals surface area contributed by atoms with E-state index in [4.69, 9.17) is 16.8 Å². The van der Waals surface area contributed by atoms with E-state index in [1.165, 1.54) is 0 Å². The summed E-state index contributed by atoms with van der Waals surface area (Å²) in [6.07, 6.45) is -4.37. The molecule has 6 heteroatoms. The van der Waals surface area contributed by atoms with Crippen LogP contribution in [0.3, 0.4) is 0 Å². The lowest BCUT2D eigenvalue weighted by atomic mass is 10.1. The summed E-state index contributed by atoms with van der Waals surface area (Å²) < 4.78 is 36.3. The van der Waals surface area contributed by atoms with Crippen LogP contribution in [-0.2, 0) is 6.18 Å². The fourth-order valence-corrected chi connectivity index (χ4v) is 0.980. The van der Waals surface area contributed by atoms with Gasteiger partial charge in [0.1, 0.15) is 0 Å². The zero-order valence-electron chi connectivity index (χ0n) is 6.72. The average molecular weight is 224 g/mol. The quantitative estimate of drug-likeness (QED) is 0.443. The van der Waals surface area contributed by atoms with Crippen molar-refractivity contribution in [3.63, 3.8) is 0 Å². The number of hydrogen-bond acceptors (Lipinski definition) is 2. The van der Waals surface area contributed by atoms with Gasteiger partial charge in [-0.05, 0) is 12.1 Å². The standard InChI is InChI=1S/C8H5ClF3NO/c9-7(13-14)5-1-3-6(4-2-5)8(10,11)12/h1-4,14H/b13-7-.